The van der Waals surface area contributed by atoms with Crippen molar-refractivity contribution in [2.45, 2.75) is 0 Å². The first-order chi connectivity index (χ1) is 9.58. The molecular formula is C11H19N2O7P. The summed E-state index contributed by atoms with van der Waals surface area (Å²) < 4.78 is 18.9. The first-order valence-electron chi connectivity index (χ1n) is 5.53. The van der Waals surface area contributed by atoms with Gasteiger partial charge in [-0.3, -0.25) is 0 Å². The summed E-state index contributed by atoms with van der Waals surface area (Å²) in [6.45, 7) is 0. The van der Waals surface area contributed by atoms with Crippen molar-refractivity contribution >= 4 is 14.0 Å². The number of nitrogens with zero attached hydrogens (tertiary/aromatic N) is 2. The van der Waals surface area contributed by atoms with Crippen LogP contribution in [0.25, 0.3) is 0 Å². The van der Waals surface area contributed by atoms with E-state index in [0.29, 0.717) is 11.5 Å². The molecule has 0 bridgehead atoms. The monoisotopic (exact) mass is 322 g/mol. The summed E-state index contributed by atoms with van der Waals surface area (Å²) in [5.41, 5.74) is 0.792. The second-order valence-corrected chi connectivity index (χ2v) is 4.91. The Morgan fingerprint density at radius 3 is 1.81 bits per heavy atom. The Morgan fingerprint density at radius 2 is 1.52 bits per heavy atom. The third kappa shape index (κ3) is 8.87. The maximum atomic E-state index is 9.69. The molecule has 21 heavy (non-hydrogen) atoms. The number of hydrogen-bond acceptors (Lipinski definition) is 6. The summed E-state index contributed by atoms with van der Waals surface area (Å²) in [7, 11) is 1.99. The summed E-state index contributed by atoms with van der Waals surface area (Å²) in [6.07, 6.45) is 1.66. The van der Waals surface area contributed by atoms with Gasteiger partial charge in [0.05, 0.1) is 20.4 Å². The van der Waals surface area contributed by atoms with Crippen molar-refractivity contribution < 1.29 is 33.8 Å². The zero-order valence-corrected chi connectivity index (χ0v) is 13.0. The molecule has 0 aromatic heterocycles. The molecule has 10 heteroatoms. The smallest absolute Gasteiger partial charge is 0.466 e. The maximum absolute atomic E-state index is 9.69. The van der Waals surface area contributed by atoms with Crippen LogP contribution in [0.15, 0.2) is 17.2 Å². The van der Waals surface area contributed by atoms with Crippen molar-refractivity contribution in [1.29, 1.82) is 0 Å². The lowest BCUT2D eigenvalue weighted by Gasteiger charge is -2.09. The average molecular weight is 322 g/mol. The maximum Gasteiger partial charge on any atom is 0.466 e. The molecule has 0 aliphatic heterocycles. The van der Waals surface area contributed by atoms with Crippen molar-refractivity contribution in [3.63, 3.8) is 0 Å². The average Bonchev–Trinajstić information content (AvgIpc) is 2.35. The van der Waals surface area contributed by atoms with Gasteiger partial charge < -0.3 is 34.3 Å². The Morgan fingerprint density at radius 1 is 1.14 bits per heavy atom. The van der Waals surface area contributed by atoms with E-state index >= 15 is 0 Å². The molecule has 1 aromatic rings. The molecule has 1 aromatic carbocycles. The number of hydrogen-bond donors (Lipinski definition) is 4. The summed E-state index contributed by atoms with van der Waals surface area (Å²) >= 11 is 0. The minimum Gasteiger partial charge on any atom is -0.502 e. The Bertz CT molecular complexity index is 494. The van der Waals surface area contributed by atoms with E-state index in [-0.39, 0.29) is 5.75 Å². The lowest BCUT2D eigenvalue weighted by molar-refractivity contribution is 0.275. The highest BCUT2D eigenvalue weighted by molar-refractivity contribution is 7.45. The van der Waals surface area contributed by atoms with Gasteiger partial charge in [0, 0.05) is 19.7 Å². The van der Waals surface area contributed by atoms with Gasteiger partial charge in [0.15, 0.2) is 11.5 Å². The zero-order chi connectivity index (χ0) is 16.6. The van der Waals surface area contributed by atoms with Gasteiger partial charge in [-0.15, -0.1) is 0 Å². The molecule has 0 spiro atoms. The van der Waals surface area contributed by atoms with E-state index < -0.39 is 7.82 Å². The van der Waals surface area contributed by atoms with E-state index in [9.17, 15) is 5.11 Å². The van der Waals surface area contributed by atoms with Crippen LogP contribution in [0.1, 0.15) is 5.56 Å². The predicted molar refractivity (Wildman–Crippen MR) is 76.8 cm³/mol. The van der Waals surface area contributed by atoms with Gasteiger partial charge >= 0.3 is 7.82 Å². The quantitative estimate of drug-likeness (QED) is 0.355. The van der Waals surface area contributed by atoms with Crippen molar-refractivity contribution in [1.82, 2.24) is 5.01 Å². The normalized spacial score (nSPS) is 10.8. The van der Waals surface area contributed by atoms with Crippen LogP contribution in [0.3, 0.4) is 0 Å². The van der Waals surface area contributed by atoms with Crippen LogP contribution in [0, 0.1) is 0 Å². The topological polar surface area (TPSA) is 132 Å². The van der Waals surface area contributed by atoms with Crippen molar-refractivity contribution in [3.05, 3.63) is 17.7 Å². The van der Waals surface area contributed by atoms with Crippen LogP contribution in [0.4, 0.5) is 0 Å². The van der Waals surface area contributed by atoms with Crippen LogP contribution in [0.5, 0.6) is 17.2 Å². The van der Waals surface area contributed by atoms with E-state index in [4.69, 9.17) is 28.7 Å². The predicted octanol–water partition coefficient (Wildman–Crippen LogP) is 0.376. The second kappa shape index (κ2) is 8.48. The van der Waals surface area contributed by atoms with Crippen LogP contribution >= 0.6 is 7.82 Å². The van der Waals surface area contributed by atoms with Crippen LogP contribution in [-0.2, 0) is 4.57 Å². The molecule has 0 saturated carbocycles. The summed E-state index contributed by atoms with van der Waals surface area (Å²) in [4.78, 5) is 21.6. The van der Waals surface area contributed by atoms with Crippen LogP contribution < -0.4 is 9.47 Å². The molecule has 0 saturated heterocycles. The summed E-state index contributed by atoms with van der Waals surface area (Å²) in [6, 6.07) is 3.37. The van der Waals surface area contributed by atoms with Gasteiger partial charge in [0.2, 0.25) is 5.75 Å². The zero-order valence-electron chi connectivity index (χ0n) is 12.1. The number of phosphoric acid groups is 1. The van der Waals surface area contributed by atoms with Crippen molar-refractivity contribution in [3.8, 4) is 17.2 Å². The number of phenolic OH excluding ortho intramolecular Hbond substituents is 1. The number of methoxy groups -OCH3 is 2. The summed E-state index contributed by atoms with van der Waals surface area (Å²) in [5, 5.41) is 15.4. The van der Waals surface area contributed by atoms with Gasteiger partial charge in [-0.2, -0.15) is 5.10 Å². The van der Waals surface area contributed by atoms with Crippen LogP contribution in [0.2, 0.25) is 0 Å². The fourth-order valence-electron chi connectivity index (χ4n) is 1.17. The molecule has 0 fully saturated rings. The highest BCUT2D eigenvalue weighted by Gasteiger charge is 2.10. The molecule has 0 amide bonds. The van der Waals surface area contributed by atoms with Gasteiger partial charge in [0.25, 0.3) is 0 Å². The number of rotatable bonds is 4. The Hall–Kier alpha value is -1.80. The lowest BCUT2D eigenvalue weighted by atomic mass is 10.2. The second-order valence-electron chi connectivity index (χ2n) is 3.88. The highest BCUT2D eigenvalue weighted by atomic mass is 31.2. The standard InChI is InChI=1S/C11H16N2O3.H3O4P/c1-13(2)12-7-8-5-9(15-3)11(14)10(6-8)16-4;1-5(2,3)4/h5-7,14H,1-4H3;(H3,1,2,3,4). The Balaban J connectivity index is 0.000000690. The molecule has 4 N–H and O–H groups in total. The molecule has 9 nitrogen and oxygen atoms in total. The Kier molecular flexibility index (Phi) is 7.75. The number of phenols is 1. The summed E-state index contributed by atoms with van der Waals surface area (Å²) in [5.74, 6) is 0.714. The molecule has 0 atom stereocenters. The third-order valence-corrected chi connectivity index (χ3v) is 1.94. The van der Waals surface area contributed by atoms with Gasteiger partial charge in [-0.1, -0.05) is 0 Å². The van der Waals surface area contributed by atoms with Gasteiger partial charge in [-0.25, -0.2) is 4.57 Å². The van der Waals surface area contributed by atoms with E-state index in [0.717, 1.165) is 5.56 Å². The van der Waals surface area contributed by atoms with Gasteiger partial charge in [-0.05, 0) is 12.1 Å². The Labute approximate surface area is 122 Å². The molecular weight excluding hydrogens is 303 g/mol. The first kappa shape index (κ1) is 19.2. The molecule has 0 aliphatic carbocycles. The third-order valence-electron chi connectivity index (χ3n) is 1.94. The van der Waals surface area contributed by atoms with Crippen molar-refractivity contribution in [2.75, 3.05) is 28.3 Å². The number of ether oxygens (including phenoxy) is 2. The molecule has 120 valence electrons. The highest BCUT2D eigenvalue weighted by Crippen LogP contribution is 2.36. The van der Waals surface area contributed by atoms with E-state index in [1.807, 2.05) is 14.1 Å². The molecule has 1 rings (SSSR count). The number of hydrazone groups is 1. The van der Waals surface area contributed by atoms with E-state index in [1.54, 1.807) is 23.4 Å². The lowest BCUT2D eigenvalue weighted by Crippen LogP contribution is -2.02. The number of benzene rings is 1. The fourth-order valence-corrected chi connectivity index (χ4v) is 1.17. The van der Waals surface area contributed by atoms with Gasteiger partial charge in [0.1, 0.15) is 0 Å². The molecule has 0 aliphatic rings. The van der Waals surface area contributed by atoms with Crippen LogP contribution in [-0.4, -0.2) is 59.3 Å². The minimum absolute atomic E-state index is 0.00740. The molecule has 0 radical (unpaired) electrons. The molecule has 0 heterocycles. The first-order valence-corrected chi connectivity index (χ1v) is 7.09. The minimum atomic E-state index is -4.64. The largest absolute Gasteiger partial charge is 0.502 e. The molecule has 0 unspecified atom stereocenters. The SMILES string of the molecule is COc1cc(C=NN(C)C)cc(OC)c1O.O=P(O)(O)O. The van der Waals surface area contributed by atoms with Crippen molar-refractivity contribution in [2.24, 2.45) is 5.10 Å². The fraction of sp³-hybridized carbons (Fsp3) is 0.364. The van der Waals surface area contributed by atoms with E-state index in [2.05, 4.69) is 5.10 Å². The van der Waals surface area contributed by atoms with E-state index in [1.165, 1.54) is 14.2 Å². The number of aromatic hydroxyl groups is 1.